The Morgan fingerprint density at radius 2 is 1.89 bits per heavy atom. The standard InChI is InChI=1S/C27H33N3O6/c1-34-23-15-25(32)30-13-12-29(24(31)9-7-18-4-2-3-5-18)11-10-20(30)26(23)27(33)28-16-19-6-8-21-22(14-19)36-17-35-21/h6,8,14-15,18H,2-5,7,9-13,16-17H2,1H3,(H,28,33). The molecule has 0 spiro atoms. The number of rotatable bonds is 7. The highest BCUT2D eigenvalue weighted by Crippen LogP contribution is 2.33. The quantitative estimate of drug-likeness (QED) is 0.634. The van der Waals surface area contributed by atoms with Gasteiger partial charge < -0.3 is 29.0 Å². The van der Waals surface area contributed by atoms with E-state index >= 15 is 0 Å². The molecule has 1 saturated carbocycles. The van der Waals surface area contributed by atoms with Gasteiger partial charge in [-0.3, -0.25) is 14.4 Å². The van der Waals surface area contributed by atoms with E-state index in [2.05, 4.69) is 5.32 Å². The molecule has 3 heterocycles. The number of hydrogen-bond acceptors (Lipinski definition) is 6. The average Bonchev–Trinajstić information content (AvgIpc) is 3.53. The van der Waals surface area contributed by atoms with Gasteiger partial charge in [0.05, 0.1) is 7.11 Å². The van der Waals surface area contributed by atoms with Gasteiger partial charge in [-0.25, -0.2) is 0 Å². The maximum Gasteiger partial charge on any atom is 0.257 e. The van der Waals surface area contributed by atoms with E-state index in [-0.39, 0.29) is 36.5 Å². The first-order valence-corrected chi connectivity index (χ1v) is 12.8. The molecule has 9 heteroatoms. The molecule has 2 amide bonds. The normalized spacial score (nSPS) is 17.0. The summed E-state index contributed by atoms with van der Waals surface area (Å²) in [7, 11) is 1.45. The van der Waals surface area contributed by atoms with Gasteiger partial charge in [-0.2, -0.15) is 0 Å². The number of nitrogens with one attached hydrogen (secondary N) is 1. The molecule has 2 aliphatic heterocycles. The van der Waals surface area contributed by atoms with Gasteiger partial charge in [0.2, 0.25) is 12.7 Å². The molecule has 1 fully saturated rings. The number of pyridine rings is 1. The molecule has 1 aromatic carbocycles. The lowest BCUT2D eigenvalue weighted by atomic mass is 10.0. The van der Waals surface area contributed by atoms with E-state index in [1.165, 1.54) is 38.9 Å². The van der Waals surface area contributed by atoms with Gasteiger partial charge >= 0.3 is 0 Å². The van der Waals surface area contributed by atoms with E-state index in [4.69, 9.17) is 14.2 Å². The molecule has 0 atom stereocenters. The molecular weight excluding hydrogens is 462 g/mol. The van der Waals surface area contributed by atoms with Crippen LogP contribution in [0.15, 0.2) is 29.1 Å². The minimum atomic E-state index is -0.325. The molecule has 2 aromatic rings. The number of fused-ring (bicyclic) bond motifs is 2. The van der Waals surface area contributed by atoms with Crippen molar-refractivity contribution in [3.8, 4) is 17.2 Å². The summed E-state index contributed by atoms with van der Waals surface area (Å²) in [5.41, 5.74) is 1.59. The van der Waals surface area contributed by atoms with Crippen LogP contribution in [0.1, 0.15) is 60.1 Å². The predicted octanol–water partition coefficient (Wildman–Crippen LogP) is 2.87. The zero-order valence-corrected chi connectivity index (χ0v) is 20.7. The molecule has 5 rings (SSSR count). The molecule has 0 unspecified atom stereocenters. The second kappa shape index (κ2) is 10.6. The maximum absolute atomic E-state index is 13.3. The average molecular weight is 496 g/mol. The number of carbonyl (C=O) groups excluding carboxylic acids is 2. The molecule has 1 aromatic heterocycles. The molecule has 9 nitrogen and oxygen atoms in total. The van der Waals surface area contributed by atoms with Crippen LogP contribution in [0.4, 0.5) is 0 Å². The number of nitrogens with zero attached hydrogens (tertiary/aromatic N) is 2. The molecule has 1 N–H and O–H groups in total. The molecule has 0 radical (unpaired) electrons. The summed E-state index contributed by atoms with van der Waals surface area (Å²) in [6.45, 7) is 1.76. The number of ether oxygens (including phenoxy) is 3. The summed E-state index contributed by atoms with van der Waals surface area (Å²) in [6, 6.07) is 6.88. The van der Waals surface area contributed by atoms with Crippen molar-refractivity contribution in [3.63, 3.8) is 0 Å². The van der Waals surface area contributed by atoms with Gasteiger partial charge in [0.25, 0.3) is 11.5 Å². The Balaban J connectivity index is 1.30. The Hall–Kier alpha value is -3.49. The first-order chi connectivity index (χ1) is 17.5. The van der Waals surface area contributed by atoms with Crippen molar-refractivity contribution in [2.24, 2.45) is 5.92 Å². The molecule has 3 aliphatic rings. The predicted molar refractivity (Wildman–Crippen MR) is 132 cm³/mol. The van der Waals surface area contributed by atoms with E-state index in [1.54, 1.807) is 4.57 Å². The van der Waals surface area contributed by atoms with E-state index in [0.717, 1.165) is 12.0 Å². The summed E-state index contributed by atoms with van der Waals surface area (Å²) in [5, 5.41) is 2.95. The van der Waals surface area contributed by atoms with Gasteiger partial charge in [-0.1, -0.05) is 31.7 Å². The Morgan fingerprint density at radius 1 is 1.08 bits per heavy atom. The highest BCUT2D eigenvalue weighted by Gasteiger charge is 2.27. The summed E-state index contributed by atoms with van der Waals surface area (Å²) < 4.78 is 17.8. The van der Waals surface area contributed by atoms with E-state index < -0.39 is 0 Å². The van der Waals surface area contributed by atoms with Gasteiger partial charge in [-0.15, -0.1) is 0 Å². The Kier molecular flexibility index (Phi) is 7.16. The molecule has 36 heavy (non-hydrogen) atoms. The smallest absolute Gasteiger partial charge is 0.257 e. The van der Waals surface area contributed by atoms with Crippen LogP contribution in [0.25, 0.3) is 0 Å². The first kappa shape index (κ1) is 24.2. The number of methoxy groups -OCH3 is 1. The highest BCUT2D eigenvalue weighted by atomic mass is 16.7. The van der Waals surface area contributed by atoms with Crippen molar-refractivity contribution in [1.82, 2.24) is 14.8 Å². The molecule has 0 saturated heterocycles. The van der Waals surface area contributed by atoms with E-state index in [1.807, 2.05) is 23.1 Å². The van der Waals surface area contributed by atoms with Gasteiger partial charge in [0, 0.05) is 50.8 Å². The van der Waals surface area contributed by atoms with Crippen LogP contribution in [-0.2, 0) is 24.3 Å². The number of carbonyl (C=O) groups is 2. The fourth-order valence-corrected chi connectivity index (χ4v) is 5.51. The van der Waals surface area contributed by atoms with Crippen LogP contribution in [-0.4, -0.2) is 48.3 Å². The number of hydrogen-bond donors (Lipinski definition) is 1. The van der Waals surface area contributed by atoms with Crippen LogP contribution in [0.5, 0.6) is 17.2 Å². The molecule has 0 bridgehead atoms. The maximum atomic E-state index is 13.3. The van der Waals surface area contributed by atoms with Crippen molar-refractivity contribution in [2.75, 3.05) is 27.0 Å². The minimum Gasteiger partial charge on any atom is -0.496 e. The second-order valence-electron chi connectivity index (χ2n) is 9.71. The summed E-state index contributed by atoms with van der Waals surface area (Å²) >= 11 is 0. The Bertz CT molecular complexity index is 1200. The summed E-state index contributed by atoms with van der Waals surface area (Å²) in [4.78, 5) is 41.0. The van der Waals surface area contributed by atoms with Crippen LogP contribution >= 0.6 is 0 Å². The summed E-state index contributed by atoms with van der Waals surface area (Å²) in [6.07, 6.45) is 6.86. The van der Waals surface area contributed by atoms with Crippen molar-refractivity contribution < 1.29 is 23.8 Å². The molecule has 192 valence electrons. The molecule has 1 aliphatic carbocycles. The zero-order valence-electron chi connectivity index (χ0n) is 20.7. The lowest BCUT2D eigenvalue weighted by Gasteiger charge is -2.20. The second-order valence-corrected chi connectivity index (χ2v) is 9.71. The van der Waals surface area contributed by atoms with Crippen LogP contribution in [0, 0.1) is 5.92 Å². The lowest BCUT2D eigenvalue weighted by molar-refractivity contribution is -0.131. The highest BCUT2D eigenvalue weighted by molar-refractivity contribution is 5.98. The topological polar surface area (TPSA) is 99.1 Å². The third-order valence-corrected chi connectivity index (χ3v) is 7.52. The van der Waals surface area contributed by atoms with Gasteiger partial charge in [-0.05, 0) is 30.0 Å². The van der Waals surface area contributed by atoms with Crippen LogP contribution in [0.3, 0.4) is 0 Å². The van der Waals surface area contributed by atoms with Crippen molar-refractivity contribution in [2.45, 2.75) is 58.0 Å². The number of benzene rings is 1. The monoisotopic (exact) mass is 495 g/mol. The van der Waals surface area contributed by atoms with Crippen LogP contribution < -0.4 is 25.1 Å². The SMILES string of the molecule is COc1cc(=O)n2c(c1C(=O)NCc1ccc3c(c1)OCO3)CCN(C(=O)CCC1CCCC1)CC2. The largest absolute Gasteiger partial charge is 0.496 e. The van der Waals surface area contributed by atoms with Crippen LogP contribution in [0.2, 0.25) is 0 Å². The first-order valence-electron chi connectivity index (χ1n) is 12.8. The Labute approximate surface area is 210 Å². The lowest BCUT2D eigenvalue weighted by Crippen LogP contribution is -2.34. The summed E-state index contributed by atoms with van der Waals surface area (Å²) in [5.74, 6) is 2.04. The third kappa shape index (κ3) is 5.05. The Morgan fingerprint density at radius 3 is 2.69 bits per heavy atom. The van der Waals surface area contributed by atoms with E-state index in [9.17, 15) is 14.4 Å². The van der Waals surface area contributed by atoms with Crippen molar-refractivity contribution >= 4 is 11.8 Å². The fraction of sp³-hybridized carbons (Fsp3) is 0.519. The van der Waals surface area contributed by atoms with Crippen molar-refractivity contribution in [3.05, 3.63) is 51.4 Å². The van der Waals surface area contributed by atoms with Crippen molar-refractivity contribution in [1.29, 1.82) is 0 Å². The molecular formula is C27H33N3O6. The number of amides is 2. The number of aromatic nitrogens is 1. The van der Waals surface area contributed by atoms with E-state index in [0.29, 0.717) is 61.2 Å². The van der Waals surface area contributed by atoms with Gasteiger partial charge in [0.1, 0.15) is 11.3 Å². The third-order valence-electron chi connectivity index (χ3n) is 7.52. The fourth-order valence-electron chi connectivity index (χ4n) is 5.51. The zero-order chi connectivity index (χ0) is 25.1. The minimum absolute atomic E-state index is 0.128. The van der Waals surface area contributed by atoms with Gasteiger partial charge in [0.15, 0.2) is 11.5 Å².